The van der Waals surface area contributed by atoms with Crippen LogP contribution in [0.15, 0.2) is 12.1 Å². The van der Waals surface area contributed by atoms with Crippen molar-refractivity contribution in [2.75, 3.05) is 25.1 Å². The average molecular weight is 345 g/mol. The number of hydrogen-bond donors (Lipinski definition) is 2. The van der Waals surface area contributed by atoms with Crippen LogP contribution in [0.2, 0.25) is 0 Å². The van der Waals surface area contributed by atoms with Crippen molar-refractivity contribution in [2.45, 2.75) is 31.5 Å². The lowest BCUT2D eigenvalue weighted by Gasteiger charge is -2.33. The highest BCUT2D eigenvalue weighted by molar-refractivity contribution is 6.06. The van der Waals surface area contributed by atoms with Gasteiger partial charge in [0.1, 0.15) is 17.9 Å². The van der Waals surface area contributed by atoms with Gasteiger partial charge in [-0.05, 0) is 24.1 Å². The fourth-order valence-corrected chi connectivity index (χ4v) is 3.69. The maximum absolute atomic E-state index is 12.8. The number of piperidine rings is 1. The number of rotatable bonds is 2. The van der Waals surface area contributed by atoms with E-state index in [9.17, 15) is 19.5 Å². The zero-order chi connectivity index (χ0) is 17.7. The van der Waals surface area contributed by atoms with E-state index < -0.39 is 11.9 Å². The molecular weight excluding hydrogens is 326 g/mol. The number of benzene rings is 1. The third-order valence-electron chi connectivity index (χ3n) is 4.99. The molecule has 132 valence electrons. The number of imide groups is 1. The molecule has 3 aliphatic rings. The Kier molecular flexibility index (Phi) is 3.64. The molecular formula is C17H19N3O5. The fraction of sp³-hybridized carbons (Fsp3) is 0.471. The molecule has 8 heteroatoms. The predicted molar refractivity (Wildman–Crippen MR) is 87.3 cm³/mol. The Labute approximate surface area is 144 Å². The lowest BCUT2D eigenvalue weighted by atomic mass is 10.0. The van der Waals surface area contributed by atoms with E-state index in [1.165, 1.54) is 4.90 Å². The first-order valence-electron chi connectivity index (χ1n) is 8.28. The average Bonchev–Trinajstić information content (AvgIpc) is 2.89. The largest absolute Gasteiger partial charge is 0.484 e. The number of hydrogen-bond acceptors (Lipinski definition) is 6. The molecule has 3 heterocycles. The maximum atomic E-state index is 12.8. The van der Waals surface area contributed by atoms with Crippen molar-refractivity contribution in [3.05, 3.63) is 23.3 Å². The lowest BCUT2D eigenvalue weighted by Crippen LogP contribution is -2.52. The van der Waals surface area contributed by atoms with Crippen molar-refractivity contribution < 1.29 is 24.2 Å². The van der Waals surface area contributed by atoms with E-state index in [0.717, 1.165) is 11.3 Å². The Hall–Kier alpha value is -2.61. The second kappa shape index (κ2) is 5.73. The van der Waals surface area contributed by atoms with E-state index in [2.05, 4.69) is 5.32 Å². The van der Waals surface area contributed by atoms with Gasteiger partial charge in [0, 0.05) is 25.6 Å². The minimum Gasteiger partial charge on any atom is -0.484 e. The molecule has 2 atom stereocenters. The normalized spacial score (nSPS) is 25.4. The highest BCUT2D eigenvalue weighted by Gasteiger charge is 2.40. The summed E-state index contributed by atoms with van der Waals surface area (Å²) in [6.07, 6.45) is 0.267. The molecule has 1 fully saturated rings. The molecule has 0 aliphatic carbocycles. The van der Waals surface area contributed by atoms with Gasteiger partial charge in [-0.2, -0.15) is 0 Å². The molecule has 1 aromatic carbocycles. The summed E-state index contributed by atoms with van der Waals surface area (Å²) in [4.78, 5) is 39.7. The molecule has 0 spiro atoms. The van der Waals surface area contributed by atoms with E-state index in [-0.39, 0.29) is 30.9 Å². The van der Waals surface area contributed by atoms with Gasteiger partial charge in [-0.25, -0.2) is 0 Å². The molecule has 0 radical (unpaired) electrons. The van der Waals surface area contributed by atoms with Gasteiger partial charge < -0.3 is 19.6 Å². The second-order valence-electron chi connectivity index (χ2n) is 6.68. The smallest absolute Gasteiger partial charge is 0.255 e. The Bertz CT molecular complexity index is 778. The van der Waals surface area contributed by atoms with Crippen LogP contribution in [0.4, 0.5) is 5.69 Å². The maximum Gasteiger partial charge on any atom is 0.255 e. The Morgan fingerprint density at radius 1 is 1.32 bits per heavy atom. The van der Waals surface area contributed by atoms with Gasteiger partial charge in [0.25, 0.3) is 5.91 Å². The van der Waals surface area contributed by atoms with Gasteiger partial charge in [0.15, 0.2) is 0 Å². The number of fused-ring (bicyclic) bond motifs is 2. The molecule has 1 aromatic rings. The van der Waals surface area contributed by atoms with E-state index in [1.54, 1.807) is 6.07 Å². The number of aliphatic hydroxyl groups excluding tert-OH is 1. The Morgan fingerprint density at radius 2 is 2.12 bits per heavy atom. The van der Waals surface area contributed by atoms with Crippen LogP contribution in [0, 0.1) is 0 Å². The zero-order valence-corrected chi connectivity index (χ0v) is 13.8. The van der Waals surface area contributed by atoms with Gasteiger partial charge >= 0.3 is 0 Å². The molecule has 3 aliphatic heterocycles. The number of aliphatic hydroxyl groups is 1. The van der Waals surface area contributed by atoms with E-state index in [0.29, 0.717) is 30.8 Å². The van der Waals surface area contributed by atoms with Crippen molar-refractivity contribution in [3.63, 3.8) is 0 Å². The van der Waals surface area contributed by atoms with Crippen LogP contribution < -0.4 is 15.0 Å². The summed E-state index contributed by atoms with van der Waals surface area (Å²) in [6, 6.07) is 2.97. The van der Waals surface area contributed by atoms with E-state index in [4.69, 9.17) is 4.74 Å². The number of nitrogens with one attached hydrogen (secondary N) is 1. The number of ether oxygens (including phenoxy) is 1. The molecule has 4 rings (SSSR count). The van der Waals surface area contributed by atoms with Gasteiger partial charge in [0.2, 0.25) is 11.8 Å². The molecule has 1 saturated heterocycles. The number of nitrogens with zero attached hydrogens (tertiary/aromatic N) is 2. The number of carbonyl (C=O) groups excluding carboxylic acids is 3. The number of carbonyl (C=O) groups is 3. The fourth-order valence-electron chi connectivity index (χ4n) is 3.69. The highest BCUT2D eigenvalue weighted by Crippen LogP contribution is 2.39. The molecule has 0 aromatic heterocycles. The topological polar surface area (TPSA) is 99.2 Å². The highest BCUT2D eigenvalue weighted by atomic mass is 16.5. The van der Waals surface area contributed by atoms with Crippen molar-refractivity contribution >= 4 is 23.4 Å². The molecule has 8 nitrogen and oxygen atoms in total. The summed E-state index contributed by atoms with van der Waals surface area (Å²) < 4.78 is 5.78. The molecule has 3 amide bonds. The van der Waals surface area contributed by atoms with E-state index >= 15 is 0 Å². The van der Waals surface area contributed by atoms with Crippen LogP contribution >= 0.6 is 0 Å². The van der Waals surface area contributed by atoms with Crippen LogP contribution in [-0.4, -0.2) is 60.1 Å². The molecule has 0 saturated carbocycles. The summed E-state index contributed by atoms with van der Waals surface area (Å²) in [5.74, 6) is -0.295. The Balaban J connectivity index is 1.64. The third kappa shape index (κ3) is 2.53. The first kappa shape index (κ1) is 15.9. The second-order valence-corrected chi connectivity index (χ2v) is 6.68. The van der Waals surface area contributed by atoms with Crippen molar-refractivity contribution in [3.8, 4) is 5.75 Å². The van der Waals surface area contributed by atoms with Crippen LogP contribution in [0.1, 0.15) is 28.8 Å². The van der Waals surface area contributed by atoms with E-state index in [1.807, 2.05) is 18.0 Å². The first-order chi connectivity index (χ1) is 12.0. The van der Waals surface area contributed by atoms with Crippen molar-refractivity contribution in [1.82, 2.24) is 10.2 Å². The van der Waals surface area contributed by atoms with Crippen molar-refractivity contribution in [2.24, 2.45) is 0 Å². The monoisotopic (exact) mass is 345 g/mol. The van der Waals surface area contributed by atoms with Crippen LogP contribution in [-0.2, 0) is 16.1 Å². The third-order valence-corrected chi connectivity index (χ3v) is 4.99. The lowest BCUT2D eigenvalue weighted by molar-refractivity contribution is -0.136. The summed E-state index contributed by atoms with van der Waals surface area (Å²) in [7, 11) is 1.88. The standard InChI is InChI=1S/C17H19N3O5/c1-19-7-10(8-21)25-14-4-9-6-20(17(24)11(9)5-13(14)19)12-2-3-15(22)18-16(12)23/h4-5,10,12,21H,2-3,6-8H2,1H3,(H,18,22,23)/t10-,12-/m0/s1. The summed E-state index contributed by atoms with van der Waals surface area (Å²) in [6.45, 7) is 0.764. The molecule has 25 heavy (non-hydrogen) atoms. The first-order valence-corrected chi connectivity index (χ1v) is 8.28. The van der Waals surface area contributed by atoms with Gasteiger partial charge in [-0.15, -0.1) is 0 Å². The van der Waals surface area contributed by atoms with Gasteiger partial charge in [-0.1, -0.05) is 0 Å². The SMILES string of the molecule is CN1C[C@@H](CO)Oc2cc3c(cc21)C(=O)N([C@H]1CCC(=O)NC1=O)C3. The quantitative estimate of drug-likeness (QED) is 0.710. The van der Waals surface area contributed by atoms with Crippen LogP contribution in [0.25, 0.3) is 0 Å². The van der Waals surface area contributed by atoms with Crippen molar-refractivity contribution in [1.29, 1.82) is 0 Å². The minimum absolute atomic E-state index is 0.0812. The zero-order valence-electron chi connectivity index (χ0n) is 13.8. The summed E-state index contributed by atoms with van der Waals surface area (Å²) >= 11 is 0. The van der Waals surface area contributed by atoms with Gasteiger partial charge in [0.05, 0.1) is 18.8 Å². The molecule has 0 bridgehead atoms. The van der Waals surface area contributed by atoms with Gasteiger partial charge in [-0.3, -0.25) is 19.7 Å². The predicted octanol–water partition coefficient (Wildman–Crippen LogP) is -0.363. The Morgan fingerprint density at radius 3 is 2.84 bits per heavy atom. The molecule has 2 N–H and O–H groups in total. The number of amides is 3. The van der Waals surface area contributed by atoms with Crippen LogP contribution in [0.3, 0.4) is 0 Å². The van der Waals surface area contributed by atoms with Crippen LogP contribution in [0.5, 0.6) is 5.75 Å². The minimum atomic E-state index is -0.626. The summed E-state index contributed by atoms with van der Waals surface area (Å²) in [5, 5.41) is 11.6. The molecule has 0 unspecified atom stereocenters. The number of anilines is 1. The summed E-state index contributed by atoms with van der Waals surface area (Å²) in [5.41, 5.74) is 2.14. The number of likely N-dealkylation sites (N-methyl/N-ethyl adjacent to an activating group) is 1.